The molecule has 2 rings (SSSR count). The van der Waals surface area contributed by atoms with Crippen LogP contribution < -0.4 is 15.8 Å². The van der Waals surface area contributed by atoms with E-state index in [0.29, 0.717) is 18.2 Å². The van der Waals surface area contributed by atoms with E-state index in [2.05, 4.69) is 12.2 Å². The number of carbonyl (C=O) groups excluding carboxylic acids is 1. The molecule has 1 aliphatic carbocycles. The molecule has 1 aliphatic rings. The Kier molecular flexibility index (Phi) is 6.05. The minimum Gasteiger partial charge on any atom is -0.483 e. The van der Waals surface area contributed by atoms with Gasteiger partial charge >= 0.3 is 0 Å². The molecule has 0 spiro atoms. The molecule has 1 unspecified atom stereocenters. The van der Waals surface area contributed by atoms with Crippen LogP contribution in [0.2, 0.25) is 0 Å². The van der Waals surface area contributed by atoms with Crippen molar-refractivity contribution >= 4 is 5.91 Å². The van der Waals surface area contributed by atoms with Gasteiger partial charge in [0.2, 0.25) is 0 Å². The van der Waals surface area contributed by atoms with Crippen molar-refractivity contribution in [2.75, 3.05) is 6.61 Å². The SMILES string of the molecule is CC(NC(=O)COc1ccccc1CN)C1CCCCC1. The fourth-order valence-corrected chi connectivity index (χ4v) is 3.00. The quantitative estimate of drug-likeness (QED) is 0.846. The molecule has 0 heterocycles. The van der Waals surface area contributed by atoms with Crippen LogP contribution in [0.1, 0.15) is 44.6 Å². The summed E-state index contributed by atoms with van der Waals surface area (Å²) in [5, 5.41) is 3.06. The van der Waals surface area contributed by atoms with Gasteiger partial charge in [-0.2, -0.15) is 0 Å². The van der Waals surface area contributed by atoms with Gasteiger partial charge in [-0.25, -0.2) is 0 Å². The molecule has 0 radical (unpaired) electrons. The normalized spacial score (nSPS) is 17.2. The highest BCUT2D eigenvalue weighted by Gasteiger charge is 2.21. The van der Waals surface area contributed by atoms with Gasteiger partial charge in [-0.05, 0) is 31.7 Å². The average Bonchev–Trinajstić information content (AvgIpc) is 2.54. The minimum absolute atomic E-state index is 0.0497. The van der Waals surface area contributed by atoms with E-state index in [9.17, 15) is 4.79 Å². The van der Waals surface area contributed by atoms with E-state index in [4.69, 9.17) is 10.5 Å². The molecular weight excluding hydrogens is 264 g/mol. The lowest BCUT2D eigenvalue weighted by molar-refractivity contribution is -0.124. The molecule has 116 valence electrons. The number of ether oxygens (including phenoxy) is 1. The van der Waals surface area contributed by atoms with Crippen LogP contribution in [0.15, 0.2) is 24.3 Å². The average molecular weight is 290 g/mol. The molecule has 0 aliphatic heterocycles. The van der Waals surface area contributed by atoms with Gasteiger partial charge in [0.15, 0.2) is 6.61 Å². The van der Waals surface area contributed by atoms with E-state index < -0.39 is 0 Å². The van der Waals surface area contributed by atoms with E-state index in [1.807, 2.05) is 24.3 Å². The molecule has 0 saturated heterocycles. The van der Waals surface area contributed by atoms with Crippen LogP contribution >= 0.6 is 0 Å². The molecule has 3 N–H and O–H groups in total. The number of rotatable bonds is 6. The van der Waals surface area contributed by atoms with Crippen LogP contribution in [0.3, 0.4) is 0 Å². The van der Waals surface area contributed by atoms with E-state index in [0.717, 1.165) is 5.56 Å². The molecule has 21 heavy (non-hydrogen) atoms. The number of hydrogen-bond donors (Lipinski definition) is 2. The highest BCUT2D eigenvalue weighted by molar-refractivity contribution is 5.77. The summed E-state index contributed by atoms with van der Waals surface area (Å²) in [5.74, 6) is 1.25. The number of carbonyl (C=O) groups is 1. The number of nitrogens with two attached hydrogens (primary N) is 1. The number of benzene rings is 1. The number of hydrogen-bond acceptors (Lipinski definition) is 3. The summed E-state index contributed by atoms with van der Waals surface area (Å²) < 4.78 is 5.59. The minimum atomic E-state index is -0.0557. The molecule has 1 amide bonds. The van der Waals surface area contributed by atoms with Gasteiger partial charge < -0.3 is 15.8 Å². The summed E-state index contributed by atoms with van der Waals surface area (Å²) in [7, 11) is 0. The lowest BCUT2D eigenvalue weighted by atomic mass is 9.84. The molecule has 1 aromatic carbocycles. The fourth-order valence-electron chi connectivity index (χ4n) is 3.00. The van der Waals surface area contributed by atoms with E-state index in [1.165, 1.54) is 32.1 Å². The first-order valence-electron chi connectivity index (χ1n) is 7.91. The molecule has 1 fully saturated rings. The number of nitrogens with one attached hydrogen (secondary N) is 1. The van der Waals surface area contributed by atoms with Gasteiger partial charge in [-0.15, -0.1) is 0 Å². The first-order valence-corrected chi connectivity index (χ1v) is 7.91. The third-order valence-corrected chi connectivity index (χ3v) is 4.30. The fraction of sp³-hybridized carbons (Fsp3) is 0.588. The maximum Gasteiger partial charge on any atom is 0.258 e. The third kappa shape index (κ3) is 4.74. The summed E-state index contributed by atoms with van der Waals surface area (Å²) in [4.78, 5) is 12.0. The summed E-state index contributed by atoms with van der Waals surface area (Å²) in [5.41, 5.74) is 6.58. The van der Waals surface area contributed by atoms with Crippen molar-refractivity contribution in [1.82, 2.24) is 5.32 Å². The first kappa shape index (κ1) is 15.8. The van der Waals surface area contributed by atoms with E-state index >= 15 is 0 Å². The second-order valence-corrected chi connectivity index (χ2v) is 5.85. The van der Waals surface area contributed by atoms with Crippen LogP contribution in [0, 0.1) is 5.92 Å². The Morgan fingerprint density at radius 1 is 1.33 bits per heavy atom. The molecule has 0 bridgehead atoms. The molecule has 1 atom stereocenters. The van der Waals surface area contributed by atoms with Gasteiger partial charge in [0.1, 0.15) is 5.75 Å². The monoisotopic (exact) mass is 290 g/mol. The summed E-state index contributed by atoms with van der Waals surface area (Å²) in [6.45, 7) is 2.56. The van der Waals surface area contributed by atoms with E-state index in [-0.39, 0.29) is 18.6 Å². The topological polar surface area (TPSA) is 64.3 Å². The Balaban J connectivity index is 1.78. The molecule has 1 aromatic rings. The highest BCUT2D eigenvalue weighted by Crippen LogP contribution is 2.26. The van der Waals surface area contributed by atoms with Gasteiger partial charge in [0.25, 0.3) is 5.91 Å². The van der Waals surface area contributed by atoms with Gasteiger partial charge in [-0.3, -0.25) is 4.79 Å². The van der Waals surface area contributed by atoms with Gasteiger partial charge in [0.05, 0.1) is 0 Å². The van der Waals surface area contributed by atoms with Crippen LogP contribution in [0.25, 0.3) is 0 Å². The summed E-state index contributed by atoms with van der Waals surface area (Å²) >= 11 is 0. The van der Waals surface area contributed by atoms with Crippen LogP contribution in [0.5, 0.6) is 5.75 Å². The summed E-state index contributed by atoms with van der Waals surface area (Å²) in [6, 6.07) is 7.79. The van der Waals surface area contributed by atoms with Gasteiger partial charge in [0, 0.05) is 18.2 Å². The van der Waals surface area contributed by atoms with Crippen molar-refractivity contribution in [1.29, 1.82) is 0 Å². The van der Waals surface area contributed by atoms with Crippen molar-refractivity contribution in [3.63, 3.8) is 0 Å². The largest absolute Gasteiger partial charge is 0.483 e. The Labute approximate surface area is 127 Å². The number of para-hydroxylation sites is 1. The molecule has 4 heteroatoms. The molecular formula is C17H26N2O2. The molecule has 1 saturated carbocycles. The molecule has 0 aromatic heterocycles. The van der Waals surface area contributed by atoms with E-state index in [1.54, 1.807) is 0 Å². The molecule has 4 nitrogen and oxygen atoms in total. The zero-order valence-corrected chi connectivity index (χ0v) is 12.8. The van der Waals surface area contributed by atoms with Crippen molar-refractivity contribution < 1.29 is 9.53 Å². The summed E-state index contributed by atoms with van der Waals surface area (Å²) in [6.07, 6.45) is 6.34. The Bertz CT molecular complexity index is 456. The third-order valence-electron chi connectivity index (χ3n) is 4.30. The Hall–Kier alpha value is -1.55. The lowest BCUT2D eigenvalue weighted by Gasteiger charge is -2.28. The smallest absolute Gasteiger partial charge is 0.258 e. The van der Waals surface area contributed by atoms with Crippen LogP contribution in [0.4, 0.5) is 0 Å². The predicted molar refractivity (Wildman–Crippen MR) is 84.0 cm³/mol. The zero-order chi connectivity index (χ0) is 15.1. The zero-order valence-electron chi connectivity index (χ0n) is 12.8. The Morgan fingerprint density at radius 2 is 2.05 bits per heavy atom. The van der Waals surface area contributed by atoms with Crippen molar-refractivity contribution in [2.24, 2.45) is 11.7 Å². The van der Waals surface area contributed by atoms with Crippen molar-refractivity contribution in [3.05, 3.63) is 29.8 Å². The Morgan fingerprint density at radius 3 is 2.76 bits per heavy atom. The standard InChI is InChI=1S/C17H26N2O2/c1-13(14-7-3-2-4-8-14)19-17(20)12-21-16-10-6-5-9-15(16)11-18/h5-6,9-10,13-14H,2-4,7-8,11-12,18H2,1H3,(H,19,20). The van der Waals surface area contributed by atoms with Crippen LogP contribution in [-0.2, 0) is 11.3 Å². The van der Waals surface area contributed by atoms with Crippen molar-refractivity contribution in [3.8, 4) is 5.75 Å². The maximum atomic E-state index is 12.0. The van der Waals surface area contributed by atoms with Gasteiger partial charge in [-0.1, -0.05) is 37.5 Å². The van der Waals surface area contributed by atoms with Crippen molar-refractivity contribution in [2.45, 2.75) is 51.6 Å². The highest BCUT2D eigenvalue weighted by atomic mass is 16.5. The lowest BCUT2D eigenvalue weighted by Crippen LogP contribution is -2.41. The maximum absolute atomic E-state index is 12.0. The van der Waals surface area contributed by atoms with Crippen LogP contribution in [-0.4, -0.2) is 18.6 Å². The number of amides is 1. The second kappa shape index (κ2) is 8.03. The first-order chi connectivity index (χ1) is 10.2. The second-order valence-electron chi connectivity index (χ2n) is 5.85. The predicted octanol–water partition coefficient (Wildman–Crippen LogP) is 2.61.